The predicted octanol–water partition coefficient (Wildman–Crippen LogP) is 1.60. The fourth-order valence-corrected chi connectivity index (χ4v) is 1.97. The van der Waals surface area contributed by atoms with Crippen molar-refractivity contribution < 1.29 is 9.84 Å². The highest BCUT2D eigenvalue weighted by Gasteiger charge is 2.12. The van der Waals surface area contributed by atoms with E-state index in [9.17, 15) is 9.90 Å². The number of halogens is 1. The highest BCUT2D eigenvalue weighted by atomic mass is 35.5. The van der Waals surface area contributed by atoms with Crippen LogP contribution in [0.25, 0.3) is 11.3 Å². The highest BCUT2D eigenvalue weighted by molar-refractivity contribution is 6.30. The number of benzene rings is 1. The molecule has 0 atom stereocenters. The molecule has 1 aromatic carbocycles. The van der Waals surface area contributed by atoms with Crippen molar-refractivity contribution >= 4 is 11.6 Å². The van der Waals surface area contributed by atoms with Gasteiger partial charge in [-0.1, -0.05) is 11.6 Å². The van der Waals surface area contributed by atoms with Crippen LogP contribution < -0.4 is 10.3 Å². The second kappa shape index (κ2) is 5.42. The van der Waals surface area contributed by atoms with Crippen molar-refractivity contribution in [3.05, 3.63) is 45.2 Å². The molecule has 2 aromatic rings. The smallest absolute Gasteiger partial charge is 0.272 e. The number of aliphatic hydroxyl groups is 1. The molecule has 0 aliphatic heterocycles. The molecule has 0 aliphatic carbocycles. The third kappa shape index (κ3) is 2.62. The summed E-state index contributed by atoms with van der Waals surface area (Å²) in [5.41, 5.74) is 1.13. The maximum absolute atomic E-state index is 11.7. The topological polar surface area (TPSA) is 64.3 Å². The van der Waals surface area contributed by atoms with Crippen molar-refractivity contribution in [1.29, 1.82) is 0 Å². The Hall–Kier alpha value is -1.85. The summed E-state index contributed by atoms with van der Waals surface area (Å²) in [6.45, 7) is -0.342. The summed E-state index contributed by atoms with van der Waals surface area (Å²) in [5, 5.41) is 13.9. The number of hydrogen-bond donors (Lipinski definition) is 1. The van der Waals surface area contributed by atoms with Crippen LogP contribution in [0.3, 0.4) is 0 Å². The quantitative estimate of drug-likeness (QED) is 0.927. The van der Waals surface area contributed by atoms with E-state index >= 15 is 0 Å². The third-order valence-electron chi connectivity index (χ3n) is 2.75. The van der Waals surface area contributed by atoms with Crippen molar-refractivity contribution in [3.63, 3.8) is 0 Å². The predicted molar refractivity (Wildman–Crippen MR) is 72.4 cm³/mol. The third-order valence-corrected chi connectivity index (χ3v) is 2.98. The summed E-state index contributed by atoms with van der Waals surface area (Å²) >= 11 is 5.97. The number of rotatable bonds is 3. The fourth-order valence-electron chi connectivity index (χ4n) is 1.80. The lowest BCUT2D eigenvalue weighted by Gasteiger charge is -2.10. The van der Waals surface area contributed by atoms with E-state index in [-0.39, 0.29) is 17.7 Å². The Morgan fingerprint density at radius 3 is 2.79 bits per heavy atom. The number of aromatic nitrogens is 2. The zero-order valence-electron chi connectivity index (χ0n) is 10.6. The van der Waals surface area contributed by atoms with Crippen molar-refractivity contribution in [2.24, 2.45) is 7.05 Å². The highest BCUT2D eigenvalue weighted by Crippen LogP contribution is 2.31. The van der Waals surface area contributed by atoms with E-state index in [0.717, 1.165) is 0 Å². The molecule has 0 amide bonds. The van der Waals surface area contributed by atoms with Gasteiger partial charge in [-0.3, -0.25) is 4.79 Å². The first kappa shape index (κ1) is 13.6. The SMILES string of the molecule is COc1ccc(Cl)cc1-c1cc(CO)c(=O)n(C)n1. The fraction of sp³-hybridized carbons (Fsp3) is 0.231. The van der Waals surface area contributed by atoms with Crippen molar-refractivity contribution in [2.75, 3.05) is 7.11 Å². The molecule has 5 nitrogen and oxygen atoms in total. The molecule has 0 aliphatic rings. The summed E-state index contributed by atoms with van der Waals surface area (Å²) in [4.78, 5) is 11.7. The molecule has 1 heterocycles. The van der Waals surface area contributed by atoms with E-state index in [1.807, 2.05) is 0 Å². The summed E-state index contributed by atoms with van der Waals surface area (Å²) in [5.74, 6) is 0.597. The Morgan fingerprint density at radius 1 is 1.42 bits per heavy atom. The Morgan fingerprint density at radius 2 is 2.16 bits per heavy atom. The molecular weight excluding hydrogens is 268 g/mol. The van der Waals surface area contributed by atoms with E-state index in [0.29, 0.717) is 22.0 Å². The van der Waals surface area contributed by atoms with Gasteiger partial charge in [0, 0.05) is 23.2 Å². The summed E-state index contributed by atoms with van der Waals surface area (Å²) in [6, 6.07) is 6.67. The van der Waals surface area contributed by atoms with Crippen molar-refractivity contribution in [3.8, 4) is 17.0 Å². The van der Waals surface area contributed by atoms with E-state index < -0.39 is 0 Å². The molecule has 19 heavy (non-hydrogen) atoms. The van der Waals surface area contributed by atoms with Crippen LogP contribution in [0.1, 0.15) is 5.56 Å². The van der Waals surface area contributed by atoms with Gasteiger partial charge in [-0.15, -0.1) is 0 Å². The van der Waals surface area contributed by atoms with Crippen LogP contribution in [0.2, 0.25) is 5.02 Å². The molecule has 100 valence electrons. The standard InChI is InChI=1S/C13H13ClN2O3/c1-16-13(18)8(7-17)5-11(15-16)10-6-9(14)3-4-12(10)19-2/h3-6,17H,7H2,1-2H3. The molecule has 0 saturated carbocycles. The van der Waals surface area contributed by atoms with Gasteiger partial charge in [0.25, 0.3) is 5.56 Å². The zero-order chi connectivity index (χ0) is 14.0. The van der Waals surface area contributed by atoms with Crippen LogP contribution in [0.15, 0.2) is 29.1 Å². The second-order valence-electron chi connectivity index (χ2n) is 3.99. The second-order valence-corrected chi connectivity index (χ2v) is 4.42. The van der Waals surface area contributed by atoms with Crippen LogP contribution in [-0.4, -0.2) is 22.0 Å². The minimum atomic E-state index is -0.342. The molecule has 0 fully saturated rings. The van der Waals surface area contributed by atoms with E-state index in [2.05, 4.69) is 5.10 Å². The zero-order valence-corrected chi connectivity index (χ0v) is 11.3. The van der Waals surface area contributed by atoms with Gasteiger partial charge in [0.15, 0.2) is 0 Å². The lowest BCUT2D eigenvalue weighted by atomic mass is 10.1. The number of aliphatic hydroxyl groups excluding tert-OH is 1. The molecule has 6 heteroatoms. The monoisotopic (exact) mass is 280 g/mol. The summed E-state index contributed by atoms with van der Waals surface area (Å²) < 4.78 is 6.43. The average Bonchev–Trinajstić information content (AvgIpc) is 2.41. The molecule has 0 unspecified atom stereocenters. The molecule has 0 saturated heterocycles. The van der Waals surface area contributed by atoms with E-state index in [4.69, 9.17) is 16.3 Å². The van der Waals surface area contributed by atoms with Gasteiger partial charge in [0.2, 0.25) is 0 Å². The molecular formula is C13H13ClN2O3. The number of aryl methyl sites for hydroxylation is 1. The molecule has 0 radical (unpaired) electrons. The molecule has 1 N–H and O–H groups in total. The van der Waals surface area contributed by atoms with Crippen LogP contribution in [0, 0.1) is 0 Å². The molecule has 0 bridgehead atoms. The minimum Gasteiger partial charge on any atom is -0.496 e. The van der Waals surface area contributed by atoms with Crippen LogP contribution >= 0.6 is 11.6 Å². The molecule has 1 aromatic heterocycles. The number of hydrogen-bond acceptors (Lipinski definition) is 4. The number of nitrogens with zero attached hydrogens (tertiary/aromatic N) is 2. The minimum absolute atomic E-state index is 0.273. The van der Waals surface area contributed by atoms with Gasteiger partial charge in [0.05, 0.1) is 19.4 Å². The average molecular weight is 281 g/mol. The van der Waals surface area contributed by atoms with Crippen LogP contribution in [-0.2, 0) is 13.7 Å². The first-order valence-corrected chi connectivity index (χ1v) is 5.96. The van der Waals surface area contributed by atoms with Crippen molar-refractivity contribution in [2.45, 2.75) is 6.61 Å². The van der Waals surface area contributed by atoms with Gasteiger partial charge >= 0.3 is 0 Å². The number of methoxy groups -OCH3 is 1. The van der Waals surface area contributed by atoms with Gasteiger partial charge in [0.1, 0.15) is 5.75 Å². The van der Waals surface area contributed by atoms with Gasteiger partial charge in [-0.25, -0.2) is 4.68 Å². The summed E-state index contributed by atoms with van der Waals surface area (Å²) in [7, 11) is 3.07. The van der Waals surface area contributed by atoms with E-state index in [1.165, 1.54) is 17.8 Å². The Labute approximate surface area is 115 Å². The van der Waals surface area contributed by atoms with Crippen LogP contribution in [0.4, 0.5) is 0 Å². The first-order valence-electron chi connectivity index (χ1n) is 5.59. The van der Waals surface area contributed by atoms with Gasteiger partial charge in [-0.2, -0.15) is 5.10 Å². The van der Waals surface area contributed by atoms with Gasteiger partial charge in [-0.05, 0) is 24.3 Å². The lowest BCUT2D eigenvalue weighted by Crippen LogP contribution is -2.23. The normalized spacial score (nSPS) is 10.5. The molecule has 2 rings (SSSR count). The number of ether oxygens (including phenoxy) is 1. The lowest BCUT2D eigenvalue weighted by molar-refractivity contribution is 0.278. The first-order chi connectivity index (χ1) is 9.06. The summed E-state index contributed by atoms with van der Waals surface area (Å²) in [6.07, 6.45) is 0. The van der Waals surface area contributed by atoms with E-state index in [1.54, 1.807) is 25.3 Å². The van der Waals surface area contributed by atoms with Crippen LogP contribution in [0.5, 0.6) is 5.75 Å². The Kier molecular flexibility index (Phi) is 3.87. The van der Waals surface area contributed by atoms with Gasteiger partial charge < -0.3 is 9.84 Å². The molecule has 0 spiro atoms. The maximum atomic E-state index is 11.7. The Balaban J connectivity index is 2.68. The van der Waals surface area contributed by atoms with Crippen molar-refractivity contribution in [1.82, 2.24) is 9.78 Å². The maximum Gasteiger partial charge on any atom is 0.272 e. The largest absolute Gasteiger partial charge is 0.496 e. The Bertz CT molecular complexity index is 667.